The van der Waals surface area contributed by atoms with Gasteiger partial charge in [0.05, 0.1) is 5.91 Å². The van der Waals surface area contributed by atoms with Gasteiger partial charge in [-0.2, -0.15) is 11.6 Å². The minimum absolute atomic E-state index is 0. The number of fused-ring (bicyclic) bond motifs is 1. The smallest absolute Gasteiger partial charge is 0.683 e. The summed E-state index contributed by atoms with van der Waals surface area (Å²) in [4.78, 5) is 11.3. The Hall–Kier alpha value is 2.13. The Kier molecular flexibility index (Phi) is 9.45. The zero-order valence-electron chi connectivity index (χ0n) is 9.32. The summed E-state index contributed by atoms with van der Waals surface area (Å²) >= 11 is 0. The quantitative estimate of drug-likeness (QED) is 0.484. The molecular formula is C10H10N2ORb2. The van der Waals surface area contributed by atoms with E-state index in [1.54, 1.807) is 6.92 Å². The Labute approximate surface area is 188 Å². The number of carbonyl (C=O) groups excluding carboxylic acids is 1. The minimum atomic E-state index is -0.229. The SMILES string of the molecule is CC1N[CH-]c2ccccc2[N-]C1=O.[Rb+].[Rb+]. The summed E-state index contributed by atoms with van der Waals surface area (Å²) < 4.78 is 0. The molecule has 0 saturated carbocycles. The number of rotatable bonds is 0. The van der Waals surface area contributed by atoms with Crippen molar-refractivity contribution in [1.29, 1.82) is 0 Å². The van der Waals surface area contributed by atoms with E-state index in [1.807, 2.05) is 30.8 Å². The Balaban J connectivity index is 0.000000980. The average molecular weight is 345 g/mol. The van der Waals surface area contributed by atoms with Crippen LogP contribution in [0, 0.1) is 6.54 Å². The second kappa shape index (κ2) is 8.27. The molecule has 1 aliphatic rings. The van der Waals surface area contributed by atoms with Crippen LogP contribution in [0.25, 0.3) is 5.32 Å². The molecule has 1 aromatic carbocycles. The van der Waals surface area contributed by atoms with Crippen LogP contribution in [0.4, 0.5) is 5.69 Å². The van der Waals surface area contributed by atoms with Crippen LogP contribution in [0.3, 0.4) is 0 Å². The molecule has 0 bridgehead atoms. The van der Waals surface area contributed by atoms with E-state index in [0.717, 1.165) is 11.3 Å². The number of nitrogens with one attached hydrogen (secondary N) is 1. The summed E-state index contributed by atoms with van der Waals surface area (Å²) in [6.07, 6.45) is 0. The van der Waals surface area contributed by atoms with Crippen LogP contribution in [0.5, 0.6) is 0 Å². The second-order valence-corrected chi connectivity index (χ2v) is 3.04. The van der Waals surface area contributed by atoms with Crippen molar-refractivity contribution in [3.8, 4) is 0 Å². The standard InChI is InChI=1S/C10H11N2O.2Rb/c1-7-10(13)12-9-5-3-2-4-8(9)6-11-7;;/h2-7,11H,1H3,(H,12,13);;/q-1;2*+1/p-1. The van der Waals surface area contributed by atoms with Crippen molar-refractivity contribution < 1.29 is 121 Å². The number of benzene rings is 1. The summed E-state index contributed by atoms with van der Waals surface area (Å²) in [6, 6.07) is 7.33. The Bertz CT molecular complexity index is 344. The van der Waals surface area contributed by atoms with Gasteiger partial charge in [-0.1, -0.05) is 6.07 Å². The van der Waals surface area contributed by atoms with Gasteiger partial charge in [-0.25, -0.2) is 5.69 Å². The van der Waals surface area contributed by atoms with Gasteiger partial charge >= 0.3 is 116 Å². The van der Waals surface area contributed by atoms with E-state index >= 15 is 0 Å². The van der Waals surface area contributed by atoms with Crippen molar-refractivity contribution in [1.82, 2.24) is 5.32 Å². The van der Waals surface area contributed by atoms with Gasteiger partial charge in [-0.3, -0.25) is 0 Å². The maximum Gasteiger partial charge on any atom is 1.00 e. The molecule has 15 heavy (non-hydrogen) atoms. The second-order valence-electron chi connectivity index (χ2n) is 3.04. The normalized spacial score (nSPS) is 18.2. The van der Waals surface area contributed by atoms with Crippen molar-refractivity contribution in [2.24, 2.45) is 0 Å². The predicted molar refractivity (Wildman–Crippen MR) is 50.5 cm³/mol. The van der Waals surface area contributed by atoms with Crippen LogP contribution in [0.2, 0.25) is 0 Å². The molecule has 1 heterocycles. The van der Waals surface area contributed by atoms with Crippen LogP contribution >= 0.6 is 0 Å². The molecule has 0 fully saturated rings. The molecule has 0 spiro atoms. The fourth-order valence-electron chi connectivity index (χ4n) is 1.21. The molecule has 1 atom stereocenters. The zero-order chi connectivity index (χ0) is 9.26. The molecule has 1 amide bonds. The number of hydrogen-bond acceptors (Lipinski definition) is 2. The third-order valence-corrected chi connectivity index (χ3v) is 2.03. The largest absolute Gasteiger partial charge is 1.00 e. The van der Waals surface area contributed by atoms with Crippen LogP contribution in [-0.2, 0) is 4.79 Å². The fourth-order valence-corrected chi connectivity index (χ4v) is 1.21. The molecule has 0 radical (unpaired) electrons. The monoisotopic (exact) mass is 344 g/mol. The average Bonchev–Trinajstić information content (AvgIpc) is 2.28. The molecule has 0 saturated heterocycles. The molecule has 3 nitrogen and oxygen atoms in total. The third-order valence-electron chi connectivity index (χ3n) is 2.03. The maximum absolute atomic E-state index is 11.3. The van der Waals surface area contributed by atoms with Crippen LogP contribution in [-0.4, -0.2) is 11.9 Å². The Morgan fingerprint density at radius 2 is 2.00 bits per heavy atom. The molecule has 1 N–H and O–H groups in total. The molecule has 1 aliphatic heterocycles. The van der Waals surface area contributed by atoms with Gasteiger partial charge in [0.25, 0.3) is 0 Å². The molecule has 1 aromatic rings. The van der Waals surface area contributed by atoms with Gasteiger partial charge in [0.2, 0.25) is 0 Å². The first-order valence-corrected chi connectivity index (χ1v) is 4.21. The molecular weight excluding hydrogens is 335 g/mol. The molecule has 0 aromatic heterocycles. The van der Waals surface area contributed by atoms with E-state index in [9.17, 15) is 4.79 Å². The van der Waals surface area contributed by atoms with E-state index < -0.39 is 0 Å². The van der Waals surface area contributed by atoms with Crippen LogP contribution in [0.15, 0.2) is 24.3 Å². The molecule has 0 aliphatic carbocycles. The van der Waals surface area contributed by atoms with Crippen molar-refractivity contribution in [3.05, 3.63) is 41.7 Å². The first-order chi connectivity index (χ1) is 6.27. The van der Waals surface area contributed by atoms with Gasteiger partial charge in [0, 0.05) is 6.04 Å². The molecule has 2 rings (SSSR count). The van der Waals surface area contributed by atoms with Gasteiger partial charge in [-0.05, 0) is 6.92 Å². The van der Waals surface area contributed by atoms with E-state index in [-0.39, 0.29) is 128 Å². The minimum Gasteiger partial charge on any atom is -0.683 e. The Morgan fingerprint density at radius 1 is 1.33 bits per heavy atom. The molecule has 68 valence electrons. The summed E-state index contributed by atoms with van der Waals surface area (Å²) in [5, 5.41) is 6.97. The summed E-state index contributed by atoms with van der Waals surface area (Å²) in [5.41, 5.74) is 1.70. The van der Waals surface area contributed by atoms with Crippen molar-refractivity contribution in [2.75, 3.05) is 0 Å². The van der Waals surface area contributed by atoms with E-state index in [4.69, 9.17) is 0 Å². The topological polar surface area (TPSA) is 43.2 Å². The summed E-state index contributed by atoms with van der Waals surface area (Å²) in [6.45, 7) is 3.63. The summed E-state index contributed by atoms with van der Waals surface area (Å²) in [7, 11) is 0. The number of hydrogen-bond donors (Lipinski definition) is 1. The number of nitrogens with zero attached hydrogens (tertiary/aromatic N) is 1. The molecule has 1 unspecified atom stereocenters. The van der Waals surface area contributed by atoms with E-state index in [0.29, 0.717) is 0 Å². The van der Waals surface area contributed by atoms with Crippen molar-refractivity contribution >= 4 is 11.6 Å². The predicted octanol–water partition coefficient (Wildman–Crippen LogP) is -4.27. The van der Waals surface area contributed by atoms with E-state index in [2.05, 4.69) is 10.6 Å². The number of amides is 1. The van der Waals surface area contributed by atoms with Gasteiger partial charge in [0.15, 0.2) is 0 Å². The maximum atomic E-state index is 11.3. The fraction of sp³-hybridized carbons (Fsp3) is 0.200. The first kappa shape index (κ1) is 17.1. The van der Waals surface area contributed by atoms with Crippen molar-refractivity contribution in [2.45, 2.75) is 13.0 Å². The number of carbonyl (C=O) groups is 1. The van der Waals surface area contributed by atoms with E-state index in [1.165, 1.54) is 0 Å². The molecule has 5 heteroatoms. The Morgan fingerprint density at radius 3 is 2.73 bits per heavy atom. The first-order valence-electron chi connectivity index (χ1n) is 4.21. The van der Waals surface area contributed by atoms with Gasteiger partial charge < -0.3 is 15.4 Å². The van der Waals surface area contributed by atoms with Crippen LogP contribution in [0.1, 0.15) is 12.5 Å². The van der Waals surface area contributed by atoms with Crippen molar-refractivity contribution in [3.63, 3.8) is 0 Å². The number of para-hydroxylation sites is 1. The zero-order valence-corrected chi connectivity index (χ0v) is 19.2. The third kappa shape index (κ3) is 4.72. The van der Waals surface area contributed by atoms with Crippen LogP contribution < -0.4 is 122 Å². The van der Waals surface area contributed by atoms with Gasteiger partial charge in [-0.15, -0.1) is 18.7 Å². The summed E-state index contributed by atoms with van der Waals surface area (Å²) in [5.74, 6) is -0.124. The van der Waals surface area contributed by atoms with Gasteiger partial charge in [0.1, 0.15) is 0 Å².